The van der Waals surface area contributed by atoms with E-state index < -0.39 is 4.92 Å². The second-order valence-electron chi connectivity index (χ2n) is 5.09. The summed E-state index contributed by atoms with van der Waals surface area (Å²) in [6, 6.07) is 13.3. The summed E-state index contributed by atoms with van der Waals surface area (Å²) in [5.41, 5.74) is 2.14. The van der Waals surface area contributed by atoms with Crippen LogP contribution in [0.15, 0.2) is 59.5 Å². The largest absolute Gasteiger partial charge is 0.360 e. The highest BCUT2D eigenvalue weighted by atomic mass is 16.6. The number of non-ortho nitro benzene ring substituents is 1. The summed E-state index contributed by atoms with van der Waals surface area (Å²) in [7, 11) is 0. The quantitative estimate of drug-likeness (QED) is 0.455. The lowest BCUT2D eigenvalue weighted by Crippen LogP contribution is -2.14. The lowest BCUT2D eigenvalue weighted by molar-refractivity contribution is -0.384. The first-order chi connectivity index (χ1) is 11.1. The molecule has 0 saturated carbocycles. The summed E-state index contributed by atoms with van der Waals surface area (Å²) in [6.07, 6.45) is 1.63. The molecule has 2 aliphatic rings. The first-order valence-corrected chi connectivity index (χ1v) is 6.89. The molecule has 2 aromatic rings. The van der Waals surface area contributed by atoms with Crippen LogP contribution in [0.25, 0.3) is 27.8 Å². The predicted octanol–water partition coefficient (Wildman–Crippen LogP) is 2.73. The Morgan fingerprint density at radius 3 is 2.57 bits per heavy atom. The Bertz CT molecular complexity index is 1060. The summed E-state index contributed by atoms with van der Waals surface area (Å²) < 4.78 is 1.26. The lowest BCUT2D eigenvalue weighted by Gasteiger charge is -2.01. The number of rotatable bonds is 2. The van der Waals surface area contributed by atoms with E-state index in [1.807, 2.05) is 24.3 Å². The van der Waals surface area contributed by atoms with E-state index in [1.54, 1.807) is 6.20 Å². The fourth-order valence-electron chi connectivity index (χ4n) is 2.60. The van der Waals surface area contributed by atoms with E-state index in [4.69, 9.17) is 0 Å². The smallest absolute Gasteiger partial charge is 0.282 e. The molecule has 0 fully saturated rings. The van der Waals surface area contributed by atoms with Gasteiger partial charge in [-0.25, -0.2) is 0 Å². The van der Waals surface area contributed by atoms with Crippen LogP contribution in [0.4, 0.5) is 5.69 Å². The van der Waals surface area contributed by atoms with Gasteiger partial charge in [0.2, 0.25) is 0 Å². The van der Waals surface area contributed by atoms with Crippen LogP contribution in [0.3, 0.4) is 0 Å². The van der Waals surface area contributed by atoms with Crippen molar-refractivity contribution in [1.29, 1.82) is 0 Å². The number of para-hydroxylation sites is 1. The van der Waals surface area contributed by atoms with Gasteiger partial charge in [0.05, 0.1) is 16.2 Å². The molecule has 7 nitrogen and oxygen atoms in total. The Balaban J connectivity index is 1.95. The third-order valence-corrected chi connectivity index (χ3v) is 3.74. The SMILES string of the molecule is O=c1c2c[nH]c3ccccc3c-2nn1-c1ccc([N+](=O)[O-])cc1. The maximum Gasteiger partial charge on any atom is 0.282 e. The molecule has 0 radical (unpaired) electrons. The maximum atomic E-state index is 12.5. The van der Waals surface area contributed by atoms with E-state index in [1.165, 1.54) is 28.9 Å². The Morgan fingerprint density at radius 2 is 1.83 bits per heavy atom. The van der Waals surface area contributed by atoms with Crippen molar-refractivity contribution >= 4 is 16.6 Å². The maximum absolute atomic E-state index is 12.5. The third-order valence-electron chi connectivity index (χ3n) is 3.74. The van der Waals surface area contributed by atoms with Crippen LogP contribution in [0.5, 0.6) is 0 Å². The van der Waals surface area contributed by atoms with Gasteiger partial charge in [-0.2, -0.15) is 9.78 Å². The number of fused-ring (bicyclic) bond motifs is 3. The Hall–Kier alpha value is -3.48. The fraction of sp³-hybridized carbons (Fsp3) is 0. The van der Waals surface area contributed by atoms with E-state index in [2.05, 4.69) is 10.1 Å². The number of nitrogens with one attached hydrogen (secondary N) is 1. The van der Waals surface area contributed by atoms with Crippen LogP contribution in [-0.2, 0) is 0 Å². The number of aromatic nitrogens is 3. The second-order valence-corrected chi connectivity index (χ2v) is 5.09. The van der Waals surface area contributed by atoms with Crippen molar-refractivity contribution in [2.24, 2.45) is 0 Å². The minimum atomic E-state index is -0.482. The van der Waals surface area contributed by atoms with E-state index >= 15 is 0 Å². The van der Waals surface area contributed by atoms with Crippen LogP contribution in [0.1, 0.15) is 0 Å². The highest BCUT2D eigenvalue weighted by molar-refractivity contribution is 5.93. The molecule has 4 rings (SSSR count). The molecule has 112 valence electrons. The van der Waals surface area contributed by atoms with Crippen LogP contribution >= 0.6 is 0 Å². The number of benzene rings is 2. The van der Waals surface area contributed by atoms with Gasteiger partial charge >= 0.3 is 0 Å². The highest BCUT2D eigenvalue weighted by Gasteiger charge is 2.19. The number of pyridine rings is 1. The van der Waals surface area contributed by atoms with Crippen molar-refractivity contribution in [1.82, 2.24) is 14.8 Å². The molecule has 0 spiro atoms. The number of nitrogens with zero attached hydrogens (tertiary/aromatic N) is 3. The molecule has 23 heavy (non-hydrogen) atoms. The van der Waals surface area contributed by atoms with Gasteiger partial charge in [-0.05, 0) is 18.2 Å². The predicted molar refractivity (Wildman–Crippen MR) is 85.0 cm³/mol. The van der Waals surface area contributed by atoms with Crippen LogP contribution in [0, 0.1) is 10.1 Å². The van der Waals surface area contributed by atoms with E-state index in [0.717, 1.165) is 10.9 Å². The molecule has 2 heterocycles. The van der Waals surface area contributed by atoms with Gasteiger partial charge in [0.1, 0.15) is 5.69 Å². The van der Waals surface area contributed by atoms with E-state index in [-0.39, 0.29) is 11.2 Å². The first-order valence-electron chi connectivity index (χ1n) is 6.89. The Kier molecular flexibility index (Phi) is 2.74. The molecule has 0 unspecified atom stereocenters. The average molecular weight is 306 g/mol. The van der Waals surface area contributed by atoms with Crippen molar-refractivity contribution < 1.29 is 4.92 Å². The molecular formula is C16H10N4O3. The molecular weight excluding hydrogens is 296 g/mol. The van der Waals surface area contributed by atoms with E-state index in [0.29, 0.717) is 16.9 Å². The lowest BCUT2D eigenvalue weighted by atomic mass is 10.1. The average Bonchev–Trinajstić information content (AvgIpc) is 2.92. The number of hydrogen-bond donors (Lipinski definition) is 1. The molecule has 0 bridgehead atoms. The van der Waals surface area contributed by atoms with Gasteiger partial charge < -0.3 is 4.98 Å². The van der Waals surface area contributed by atoms with Crippen LogP contribution in [0.2, 0.25) is 0 Å². The molecule has 1 N–H and O–H groups in total. The zero-order chi connectivity index (χ0) is 16.0. The van der Waals surface area contributed by atoms with Crippen molar-refractivity contribution in [3.63, 3.8) is 0 Å². The van der Waals surface area contributed by atoms with E-state index in [9.17, 15) is 14.9 Å². The Labute approximate surface area is 129 Å². The molecule has 0 aromatic heterocycles. The fourth-order valence-corrected chi connectivity index (χ4v) is 2.60. The second kappa shape index (κ2) is 4.77. The molecule has 0 atom stereocenters. The summed E-state index contributed by atoms with van der Waals surface area (Å²) >= 11 is 0. The monoisotopic (exact) mass is 306 g/mol. The molecule has 7 heteroatoms. The summed E-state index contributed by atoms with van der Waals surface area (Å²) in [5, 5.41) is 16.0. The zero-order valence-corrected chi connectivity index (χ0v) is 11.8. The topological polar surface area (TPSA) is 93.8 Å². The molecule has 2 aromatic carbocycles. The van der Waals surface area contributed by atoms with Crippen molar-refractivity contribution in [2.45, 2.75) is 0 Å². The summed E-state index contributed by atoms with van der Waals surface area (Å²) in [5.74, 6) is 0. The van der Waals surface area contributed by atoms with Crippen LogP contribution < -0.4 is 5.56 Å². The minimum Gasteiger partial charge on any atom is -0.360 e. The number of hydrogen-bond acceptors (Lipinski definition) is 4. The molecule has 0 aliphatic carbocycles. The van der Waals surface area contributed by atoms with Crippen molar-refractivity contribution in [3.05, 3.63) is 75.2 Å². The third kappa shape index (κ3) is 1.98. The van der Waals surface area contributed by atoms with Gasteiger partial charge in [0.15, 0.2) is 0 Å². The van der Waals surface area contributed by atoms with Crippen molar-refractivity contribution in [2.75, 3.05) is 0 Å². The number of aromatic amines is 1. The Morgan fingerprint density at radius 1 is 1.09 bits per heavy atom. The van der Waals surface area contributed by atoms with Gasteiger partial charge in [-0.15, -0.1) is 0 Å². The van der Waals surface area contributed by atoms with Crippen LogP contribution in [-0.4, -0.2) is 19.7 Å². The molecule has 0 amide bonds. The van der Waals surface area contributed by atoms with Gasteiger partial charge in [-0.1, -0.05) is 18.2 Å². The standard InChI is InChI=1S/C16H10N4O3/c21-16-13-9-17-14-4-2-1-3-12(14)15(13)18-19(16)10-5-7-11(8-6-10)20(22)23/h1-9,17H. The minimum absolute atomic E-state index is 0.0308. The number of H-pyrrole nitrogens is 1. The number of nitro groups is 1. The highest BCUT2D eigenvalue weighted by Crippen LogP contribution is 2.25. The van der Waals surface area contributed by atoms with Gasteiger partial charge in [0.25, 0.3) is 11.2 Å². The number of nitro benzene ring substituents is 1. The zero-order valence-electron chi connectivity index (χ0n) is 11.8. The van der Waals surface area contributed by atoms with Gasteiger partial charge in [0, 0.05) is 29.2 Å². The molecule has 2 aliphatic heterocycles. The van der Waals surface area contributed by atoms with Crippen molar-refractivity contribution in [3.8, 4) is 16.9 Å². The summed E-state index contributed by atoms with van der Waals surface area (Å²) in [6.45, 7) is 0. The normalized spacial score (nSPS) is 11.1. The first kappa shape index (κ1) is 13.2. The summed E-state index contributed by atoms with van der Waals surface area (Å²) in [4.78, 5) is 25.9. The van der Waals surface area contributed by atoms with Gasteiger partial charge in [-0.3, -0.25) is 14.9 Å². The molecule has 0 saturated heterocycles.